The van der Waals surface area contributed by atoms with Crippen LogP contribution in [0.15, 0.2) is 16.9 Å². The van der Waals surface area contributed by atoms with E-state index in [1.54, 1.807) is 6.33 Å². The minimum Gasteiger partial charge on any atom is -0.348 e. The molecular weight excluding hydrogens is 338 g/mol. The number of thioether (sulfide) groups is 1. The van der Waals surface area contributed by atoms with E-state index in [1.807, 2.05) is 19.9 Å². The first-order chi connectivity index (χ1) is 12.0. The minimum absolute atomic E-state index is 0.0316. The standard InChI is InChI=1S/C17H19N5O2S/c1-4-8-19-15(23)12(9-18)17-22(5-2)16(24)14(25-17)7-6-13-11(3)20-10-21-13/h1,10,14H,5-8H2,2-3H3,(H,19,23)(H,20,21)/b17-12-. The van der Waals surface area contributed by atoms with Gasteiger partial charge < -0.3 is 15.2 Å². The molecule has 1 aromatic rings. The van der Waals surface area contributed by atoms with Gasteiger partial charge in [-0.05, 0) is 26.7 Å². The Bertz CT molecular complexity index is 784. The quantitative estimate of drug-likeness (QED) is 0.451. The van der Waals surface area contributed by atoms with Crippen LogP contribution >= 0.6 is 11.8 Å². The third kappa shape index (κ3) is 4.04. The third-order valence-corrected chi connectivity index (χ3v) is 5.21. The molecule has 2 amide bonds. The number of carbonyl (C=O) groups is 2. The maximum Gasteiger partial charge on any atom is 0.265 e. The lowest BCUT2D eigenvalue weighted by Crippen LogP contribution is -2.31. The molecule has 0 radical (unpaired) electrons. The molecule has 1 saturated heterocycles. The number of H-pyrrole nitrogens is 1. The van der Waals surface area contributed by atoms with E-state index in [4.69, 9.17) is 6.42 Å². The Morgan fingerprint density at radius 1 is 1.60 bits per heavy atom. The largest absolute Gasteiger partial charge is 0.348 e. The number of rotatable bonds is 6. The molecular formula is C17H19N5O2S. The molecule has 2 rings (SSSR count). The molecule has 1 aliphatic heterocycles. The summed E-state index contributed by atoms with van der Waals surface area (Å²) in [6.07, 6.45) is 7.98. The second-order valence-corrected chi connectivity index (χ2v) is 6.57. The number of nitriles is 1. The van der Waals surface area contributed by atoms with Crippen LogP contribution in [-0.4, -0.2) is 45.0 Å². The highest BCUT2D eigenvalue weighted by Gasteiger charge is 2.38. The Kier molecular flexibility index (Phi) is 6.26. The maximum atomic E-state index is 12.6. The van der Waals surface area contributed by atoms with Crippen molar-refractivity contribution >= 4 is 23.6 Å². The lowest BCUT2D eigenvalue weighted by molar-refractivity contribution is -0.127. The molecule has 1 unspecified atom stereocenters. The molecule has 1 atom stereocenters. The first kappa shape index (κ1) is 18.6. The zero-order chi connectivity index (χ0) is 18.4. The number of terminal acetylenes is 1. The van der Waals surface area contributed by atoms with Crippen molar-refractivity contribution < 1.29 is 9.59 Å². The van der Waals surface area contributed by atoms with Gasteiger partial charge in [0.25, 0.3) is 5.91 Å². The Hall–Kier alpha value is -2.71. The number of carbonyl (C=O) groups excluding carboxylic acids is 2. The van der Waals surface area contributed by atoms with Crippen LogP contribution in [0.5, 0.6) is 0 Å². The topological polar surface area (TPSA) is 102 Å². The number of aryl methyl sites for hydroxylation is 2. The van der Waals surface area contributed by atoms with E-state index in [9.17, 15) is 14.9 Å². The molecule has 0 spiro atoms. The van der Waals surface area contributed by atoms with Gasteiger partial charge >= 0.3 is 0 Å². The van der Waals surface area contributed by atoms with E-state index in [0.717, 1.165) is 11.4 Å². The van der Waals surface area contributed by atoms with Crippen LogP contribution in [0.2, 0.25) is 0 Å². The molecule has 8 heteroatoms. The summed E-state index contributed by atoms with van der Waals surface area (Å²) in [5.41, 5.74) is 1.82. The van der Waals surface area contributed by atoms with Crippen molar-refractivity contribution in [3.63, 3.8) is 0 Å². The van der Waals surface area contributed by atoms with Crippen molar-refractivity contribution in [1.82, 2.24) is 20.2 Å². The van der Waals surface area contributed by atoms with Crippen LogP contribution in [-0.2, 0) is 16.0 Å². The lowest BCUT2D eigenvalue weighted by atomic mass is 10.1. The second-order valence-electron chi connectivity index (χ2n) is 5.38. The van der Waals surface area contributed by atoms with Crippen molar-refractivity contribution in [2.75, 3.05) is 13.1 Å². The number of nitrogens with one attached hydrogen (secondary N) is 2. The average Bonchev–Trinajstić information content (AvgIpc) is 3.15. The number of hydrogen-bond donors (Lipinski definition) is 2. The Morgan fingerprint density at radius 2 is 2.36 bits per heavy atom. The van der Waals surface area contributed by atoms with E-state index < -0.39 is 5.91 Å². The second kappa shape index (κ2) is 8.41. The Labute approximate surface area is 150 Å². The Morgan fingerprint density at radius 3 is 2.92 bits per heavy atom. The average molecular weight is 357 g/mol. The van der Waals surface area contributed by atoms with Gasteiger partial charge in [-0.2, -0.15) is 5.26 Å². The highest BCUT2D eigenvalue weighted by atomic mass is 32.2. The first-order valence-corrected chi connectivity index (χ1v) is 8.74. The van der Waals surface area contributed by atoms with Gasteiger partial charge in [0.1, 0.15) is 16.7 Å². The molecule has 0 saturated carbocycles. The van der Waals surface area contributed by atoms with Crippen molar-refractivity contribution in [3.05, 3.63) is 28.3 Å². The summed E-state index contributed by atoms with van der Waals surface area (Å²) in [5, 5.41) is 11.9. The van der Waals surface area contributed by atoms with Crippen molar-refractivity contribution in [3.8, 4) is 18.4 Å². The van der Waals surface area contributed by atoms with Crippen molar-refractivity contribution in [1.29, 1.82) is 5.26 Å². The minimum atomic E-state index is -0.557. The number of nitrogens with zero attached hydrogens (tertiary/aromatic N) is 3. The molecule has 0 bridgehead atoms. The Balaban J connectivity index is 2.19. The molecule has 1 fully saturated rings. The van der Waals surface area contributed by atoms with Gasteiger partial charge in [-0.15, -0.1) is 6.42 Å². The monoisotopic (exact) mass is 357 g/mol. The normalized spacial score (nSPS) is 18.6. The predicted octanol–water partition coefficient (Wildman–Crippen LogP) is 1.10. The fourth-order valence-electron chi connectivity index (χ4n) is 2.52. The number of hydrogen-bond acceptors (Lipinski definition) is 5. The smallest absolute Gasteiger partial charge is 0.265 e. The highest BCUT2D eigenvalue weighted by Crippen LogP contribution is 2.39. The number of imidazole rings is 1. The molecule has 0 aromatic carbocycles. The van der Waals surface area contributed by atoms with Crippen LogP contribution in [0.1, 0.15) is 24.7 Å². The fourth-order valence-corrected chi connectivity index (χ4v) is 3.86. The predicted molar refractivity (Wildman–Crippen MR) is 94.9 cm³/mol. The van der Waals surface area contributed by atoms with Gasteiger partial charge in [-0.25, -0.2) is 4.98 Å². The van der Waals surface area contributed by atoms with Gasteiger partial charge in [0, 0.05) is 12.2 Å². The van der Waals surface area contributed by atoms with E-state index in [1.165, 1.54) is 16.7 Å². The summed E-state index contributed by atoms with van der Waals surface area (Å²) in [7, 11) is 0. The number of aromatic nitrogens is 2. The summed E-state index contributed by atoms with van der Waals surface area (Å²) < 4.78 is 0. The van der Waals surface area contributed by atoms with Crippen LogP contribution in [0.4, 0.5) is 0 Å². The maximum absolute atomic E-state index is 12.6. The molecule has 0 aliphatic carbocycles. The van der Waals surface area contributed by atoms with Gasteiger partial charge in [-0.3, -0.25) is 9.59 Å². The molecule has 7 nitrogen and oxygen atoms in total. The van der Waals surface area contributed by atoms with Crippen molar-refractivity contribution in [2.24, 2.45) is 0 Å². The molecule has 2 heterocycles. The van der Waals surface area contributed by atoms with Gasteiger partial charge in [-0.1, -0.05) is 17.7 Å². The van der Waals surface area contributed by atoms with Gasteiger partial charge in [0.15, 0.2) is 0 Å². The summed E-state index contributed by atoms with van der Waals surface area (Å²) in [5.74, 6) is 1.64. The molecule has 1 aliphatic rings. The summed E-state index contributed by atoms with van der Waals surface area (Å²) >= 11 is 1.26. The van der Waals surface area contributed by atoms with Crippen LogP contribution in [0.3, 0.4) is 0 Å². The van der Waals surface area contributed by atoms with Crippen molar-refractivity contribution in [2.45, 2.75) is 31.9 Å². The third-order valence-electron chi connectivity index (χ3n) is 3.84. The van der Waals surface area contributed by atoms with Gasteiger partial charge in [0.2, 0.25) is 5.91 Å². The lowest BCUT2D eigenvalue weighted by Gasteiger charge is -2.15. The summed E-state index contributed by atoms with van der Waals surface area (Å²) in [6, 6.07) is 1.90. The van der Waals surface area contributed by atoms with Crippen LogP contribution in [0, 0.1) is 30.6 Å². The zero-order valence-electron chi connectivity index (χ0n) is 14.1. The number of amides is 2. The first-order valence-electron chi connectivity index (χ1n) is 7.86. The van der Waals surface area contributed by atoms with E-state index >= 15 is 0 Å². The molecule has 2 N–H and O–H groups in total. The van der Waals surface area contributed by atoms with E-state index in [2.05, 4.69) is 21.2 Å². The number of aromatic amines is 1. The van der Waals surface area contributed by atoms with E-state index in [0.29, 0.717) is 24.4 Å². The van der Waals surface area contributed by atoms with Crippen LogP contribution in [0.25, 0.3) is 0 Å². The highest BCUT2D eigenvalue weighted by molar-refractivity contribution is 8.04. The molecule has 1 aromatic heterocycles. The summed E-state index contributed by atoms with van der Waals surface area (Å²) in [6.45, 7) is 4.17. The SMILES string of the molecule is C#CCNC(=O)/C(C#N)=C1\SC(CCc2nc[nH]c2C)C(=O)N1CC. The van der Waals surface area contributed by atoms with Crippen LogP contribution < -0.4 is 5.32 Å². The molecule has 130 valence electrons. The van der Waals surface area contributed by atoms with Gasteiger partial charge in [0.05, 0.1) is 23.8 Å². The summed E-state index contributed by atoms with van der Waals surface area (Å²) in [4.78, 5) is 33.5. The fraction of sp³-hybridized carbons (Fsp3) is 0.412. The zero-order valence-corrected chi connectivity index (χ0v) is 14.9. The molecule has 25 heavy (non-hydrogen) atoms. The van der Waals surface area contributed by atoms with E-state index in [-0.39, 0.29) is 23.3 Å².